The Hall–Kier alpha value is -3.08. The summed E-state index contributed by atoms with van der Waals surface area (Å²) in [6.07, 6.45) is 1.49. The van der Waals surface area contributed by atoms with Crippen molar-refractivity contribution in [3.8, 4) is 0 Å². The van der Waals surface area contributed by atoms with Gasteiger partial charge in [-0.2, -0.15) is 0 Å². The van der Waals surface area contributed by atoms with E-state index in [4.69, 9.17) is 0 Å². The third-order valence-corrected chi connectivity index (χ3v) is 7.93. The molecule has 5 rings (SSSR count). The van der Waals surface area contributed by atoms with Crippen molar-refractivity contribution < 1.29 is 9.59 Å². The van der Waals surface area contributed by atoms with E-state index in [0.717, 1.165) is 65.8 Å². The zero-order valence-corrected chi connectivity index (χ0v) is 20.9. The number of H-pyrrole nitrogens is 1. The highest BCUT2D eigenvalue weighted by atomic mass is 32.1. The molecule has 2 aliphatic heterocycles. The van der Waals surface area contributed by atoms with Crippen LogP contribution < -0.4 is 15.8 Å². The monoisotopic (exact) mass is 494 g/mol. The number of benzene rings is 1. The van der Waals surface area contributed by atoms with Gasteiger partial charge in [-0.1, -0.05) is 0 Å². The van der Waals surface area contributed by atoms with Crippen LogP contribution in [0.1, 0.15) is 29.1 Å². The lowest BCUT2D eigenvalue weighted by molar-refractivity contribution is -0.118. The van der Waals surface area contributed by atoms with Crippen LogP contribution in [0.3, 0.4) is 0 Å². The number of hydrogen-bond donors (Lipinski definition) is 2. The van der Waals surface area contributed by atoms with E-state index < -0.39 is 0 Å². The summed E-state index contributed by atoms with van der Waals surface area (Å²) in [4.78, 5) is 52.7. The molecule has 2 saturated heterocycles. The van der Waals surface area contributed by atoms with Crippen molar-refractivity contribution in [2.24, 2.45) is 0 Å². The van der Waals surface area contributed by atoms with Gasteiger partial charge in [-0.25, -0.2) is 4.98 Å². The molecule has 0 bridgehead atoms. The van der Waals surface area contributed by atoms with E-state index in [1.807, 2.05) is 38.1 Å². The minimum atomic E-state index is -0.0674. The maximum atomic E-state index is 12.6. The van der Waals surface area contributed by atoms with E-state index in [2.05, 4.69) is 25.1 Å². The van der Waals surface area contributed by atoms with Crippen LogP contribution >= 0.6 is 11.3 Å². The second kappa shape index (κ2) is 9.88. The quantitative estimate of drug-likeness (QED) is 0.546. The first-order valence-electron chi connectivity index (χ1n) is 12.0. The third kappa shape index (κ3) is 5.14. The van der Waals surface area contributed by atoms with Crippen LogP contribution in [0.4, 0.5) is 11.4 Å². The number of anilines is 2. The van der Waals surface area contributed by atoms with Gasteiger partial charge in [0.2, 0.25) is 11.8 Å². The molecule has 2 aliphatic rings. The van der Waals surface area contributed by atoms with Gasteiger partial charge in [-0.3, -0.25) is 24.2 Å². The molecule has 3 aromatic rings. The molecular formula is C25H30N6O3S. The molecule has 2 amide bonds. The average molecular weight is 495 g/mol. The molecule has 2 fully saturated rings. The minimum absolute atomic E-state index is 0.0525. The van der Waals surface area contributed by atoms with Crippen LogP contribution in [0.25, 0.3) is 10.2 Å². The van der Waals surface area contributed by atoms with Gasteiger partial charge in [-0.05, 0) is 50.1 Å². The first-order chi connectivity index (χ1) is 16.9. The zero-order valence-electron chi connectivity index (χ0n) is 20.1. The number of nitrogens with one attached hydrogen (secondary N) is 2. The van der Waals surface area contributed by atoms with Crippen LogP contribution in [0.15, 0.2) is 29.1 Å². The van der Waals surface area contributed by atoms with Gasteiger partial charge in [0, 0.05) is 55.4 Å². The summed E-state index contributed by atoms with van der Waals surface area (Å²) in [6, 6.07) is 7.45. The summed E-state index contributed by atoms with van der Waals surface area (Å²) in [5.41, 5.74) is 2.55. The minimum Gasteiger partial charge on any atom is -0.325 e. The van der Waals surface area contributed by atoms with Crippen molar-refractivity contribution in [2.75, 3.05) is 49.5 Å². The predicted molar refractivity (Wildman–Crippen MR) is 138 cm³/mol. The fourth-order valence-corrected chi connectivity index (χ4v) is 5.79. The third-order valence-electron chi connectivity index (χ3n) is 6.83. The fraction of sp³-hybridized carbons (Fsp3) is 0.440. The Balaban J connectivity index is 1.11. The summed E-state index contributed by atoms with van der Waals surface area (Å²) in [5.74, 6) is 0.790. The summed E-state index contributed by atoms with van der Waals surface area (Å²) >= 11 is 1.56. The molecule has 1 aromatic carbocycles. The molecule has 0 saturated carbocycles. The topological polar surface area (TPSA) is 102 Å². The lowest BCUT2D eigenvalue weighted by atomic mass is 10.2. The Morgan fingerprint density at radius 2 is 1.77 bits per heavy atom. The maximum Gasteiger partial charge on any atom is 0.259 e. The Morgan fingerprint density at radius 1 is 1.06 bits per heavy atom. The molecular weight excluding hydrogens is 464 g/mol. The number of aryl methyl sites for hydroxylation is 2. The number of fused-ring (bicyclic) bond motifs is 1. The van der Waals surface area contributed by atoms with E-state index in [9.17, 15) is 14.4 Å². The van der Waals surface area contributed by atoms with Crippen molar-refractivity contribution in [3.63, 3.8) is 0 Å². The van der Waals surface area contributed by atoms with E-state index in [-0.39, 0.29) is 17.4 Å². The number of aromatic nitrogens is 2. The van der Waals surface area contributed by atoms with Gasteiger partial charge in [0.25, 0.3) is 5.56 Å². The van der Waals surface area contributed by atoms with Gasteiger partial charge < -0.3 is 15.2 Å². The van der Waals surface area contributed by atoms with Crippen LogP contribution in [0, 0.1) is 13.8 Å². The Morgan fingerprint density at radius 3 is 2.46 bits per heavy atom. The van der Waals surface area contributed by atoms with Crippen LogP contribution in [-0.2, 0) is 16.1 Å². The summed E-state index contributed by atoms with van der Waals surface area (Å²) in [5, 5.41) is 3.65. The van der Waals surface area contributed by atoms with Crippen LogP contribution in [0.2, 0.25) is 0 Å². The van der Waals surface area contributed by atoms with E-state index in [1.54, 1.807) is 16.2 Å². The van der Waals surface area contributed by atoms with Crippen molar-refractivity contribution in [2.45, 2.75) is 33.2 Å². The number of hydrogen-bond acceptors (Lipinski definition) is 7. The molecule has 10 heteroatoms. The molecule has 9 nitrogen and oxygen atoms in total. The molecule has 184 valence electrons. The van der Waals surface area contributed by atoms with Gasteiger partial charge in [0.05, 0.1) is 18.5 Å². The summed E-state index contributed by atoms with van der Waals surface area (Å²) in [6.45, 7) is 8.80. The summed E-state index contributed by atoms with van der Waals surface area (Å²) < 4.78 is 0. The number of nitrogens with zero attached hydrogens (tertiary/aromatic N) is 4. The number of rotatable bonds is 6. The standard InChI is InChI=1S/C25H30N6O3S/c1-16-17(2)35-25-23(16)24(34)27-20(28-25)14-29-10-12-30(13-11-29)15-21(32)26-18-5-7-19(8-6-18)31-9-3-4-22(31)33/h5-8H,3-4,9-15H2,1-2H3,(H,26,32)(H,27,28,34). The normalized spacial score (nSPS) is 17.4. The Labute approximate surface area is 207 Å². The fourth-order valence-electron chi connectivity index (χ4n) is 4.74. The van der Waals surface area contributed by atoms with Gasteiger partial charge in [-0.15, -0.1) is 11.3 Å². The first kappa shape index (κ1) is 23.7. The molecule has 0 atom stereocenters. The van der Waals surface area contributed by atoms with Crippen molar-refractivity contribution >= 4 is 44.7 Å². The zero-order chi connectivity index (χ0) is 24.5. The number of piperazine rings is 1. The molecule has 0 unspecified atom stereocenters. The highest BCUT2D eigenvalue weighted by Gasteiger charge is 2.22. The second-order valence-corrected chi connectivity index (χ2v) is 10.5. The molecule has 0 aliphatic carbocycles. The molecule has 2 aromatic heterocycles. The Kier molecular flexibility index (Phi) is 6.68. The molecule has 35 heavy (non-hydrogen) atoms. The number of amides is 2. The Bertz CT molecular complexity index is 1310. The summed E-state index contributed by atoms with van der Waals surface area (Å²) in [7, 11) is 0. The van der Waals surface area contributed by atoms with Crippen molar-refractivity contribution in [1.82, 2.24) is 19.8 Å². The molecule has 0 radical (unpaired) electrons. The van der Waals surface area contributed by atoms with Crippen molar-refractivity contribution in [3.05, 3.63) is 50.9 Å². The number of aromatic amines is 1. The number of carbonyl (C=O) groups excluding carboxylic acids is 2. The lowest BCUT2D eigenvalue weighted by Crippen LogP contribution is -2.48. The van der Waals surface area contributed by atoms with Gasteiger partial charge >= 0.3 is 0 Å². The van der Waals surface area contributed by atoms with Crippen LogP contribution in [-0.4, -0.2) is 70.9 Å². The first-order valence-corrected chi connectivity index (χ1v) is 12.8. The smallest absolute Gasteiger partial charge is 0.259 e. The highest BCUT2D eigenvalue weighted by Crippen LogP contribution is 2.26. The predicted octanol–water partition coefficient (Wildman–Crippen LogP) is 2.48. The van der Waals surface area contributed by atoms with Gasteiger partial charge in [0.15, 0.2) is 0 Å². The average Bonchev–Trinajstić information content (AvgIpc) is 3.38. The van der Waals surface area contributed by atoms with E-state index >= 15 is 0 Å². The largest absolute Gasteiger partial charge is 0.325 e. The molecule has 2 N–H and O–H groups in total. The number of thiophene rings is 1. The second-order valence-electron chi connectivity index (χ2n) is 9.27. The van der Waals surface area contributed by atoms with E-state index in [1.165, 1.54) is 0 Å². The lowest BCUT2D eigenvalue weighted by Gasteiger charge is -2.33. The van der Waals surface area contributed by atoms with Crippen molar-refractivity contribution in [1.29, 1.82) is 0 Å². The van der Waals surface area contributed by atoms with Gasteiger partial charge in [0.1, 0.15) is 10.7 Å². The maximum absolute atomic E-state index is 12.6. The molecule has 4 heterocycles. The SMILES string of the molecule is Cc1sc2nc(CN3CCN(CC(=O)Nc4ccc(N5CCCC5=O)cc4)CC3)[nH]c(=O)c2c1C. The van der Waals surface area contributed by atoms with Crippen LogP contribution in [0.5, 0.6) is 0 Å². The van der Waals surface area contributed by atoms with E-state index in [0.29, 0.717) is 30.7 Å². The molecule has 0 spiro atoms. The number of carbonyl (C=O) groups is 2. The highest BCUT2D eigenvalue weighted by molar-refractivity contribution is 7.18.